The standard InChI is InChI=1S/C6H3ClN2O/c7-4-2-1-3-5(9-8)6(4)10/h1-3H. The summed E-state index contributed by atoms with van der Waals surface area (Å²) in [6.07, 6.45) is 0. The van der Waals surface area contributed by atoms with Gasteiger partial charge in [-0.2, -0.15) is 0 Å². The van der Waals surface area contributed by atoms with Crippen LogP contribution in [0.5, 0.6) is 5.75 Å². The third kappa shape index (κ3) is 1.02. The molecule has 0 aliphatic rings. The minimum Gasteiger partial charge on any atom is -0.866 e. The second-order valence-electron chi connectivity index (χ2n) is 1.69. The van der Waals surface area contributed by atoms with Gasteiger partial charge < -0.3 is 5.11 Å². The molecule has 0 saturated carbocycles. The summed E-state index contributed by atoms with van der Waals surface area (Å²) in [5, 5.41) is 19.1. The van der Waals surface area contributed by atoms with Gasteiger partial charge >= 0.3 is 5.69 Å². The van der Waals surface area contributed by atoms with Crippen LogP contribution >= 0.6 is 11.6 Å². The van der Waals surface area contributed by atoms with Gasteiger partial charge in [-0.25, -0.2) is 0 Å². The highest BCUT2D eigenvalue weighted by Crippen LogP contribution is 2.30. The molecule has 3 nitrogen and oxygen atoms in total. The van der Waals surface area contributed by atoms with Crippen molar-refractivity contribution in [2.45, 2.75) is 0 Å². The Morgan fingerprint density at radius 2 is 2.20 bits per heavy atom. The molecule has 0 radical (unpaired) electrons. The minimum atomic E-state index is -0.452. The molecule has 1 aromatic rings. The number of diazo groups is 1. The molecule has 10 heavy (non-hydrogen) atoms. The number of benzene rings is 1. The summed E-state index contributed by atoms with van der Waals surface area (Å²) in [4.78, 5) is 2.73. The highest BCUT2D eigenvalue weighted by molar-refractivity contribution is 6.32. The van der Waals surface area contributed by atoms with E-state index in [4.69, 9.17) is 17.0 Å². The molecule has 0 bridgehead atoms. The van der Waals surface area contributed by atoms with Gasteiger partial charge in [-0.15, -0.1) is 0 Å². The monoisotopic (exact) mass is 154 g/mol. The van der Waals surface area contributed by atoms with E-state index in [1.807, 2.05) is 0 Å². The zero-order valence-electron chi connectivity index (χ0n) is 4.91. The number of hydrogen-bond donors (Lipinski definition) is 0. The lowest BCUT2D eigenvalue weighted by Gasteiger charge is -2.00. The molecule has 0 unspecified atom stereocenters. The van der Waals surface area contributed by atoms with E-state index in [9.17, 15) is 5.11 Å². The second kappa shape index (κ2) is 2.54. The van der Waals surface area contributed by atoms with Gasteiger partial charge in [0.15, 0.2) is 4.98 Å². The van der Waals surface area contributed by atoms with Crippen LogP contribution in [0.2, 0.25) is 5.02 Å². The van der Waals surface area contributed by atoms with Gasteiger partial charge in [-0.05, 0) is 6.07 Å². The molecule has 1 aromatic carbocycles. The normalized spacial score (nSPS) is 8.80. The average Bonchev–Trinajstić information content (AvgIpc) is 1.95. The van der Waals surface area contributed by atoms with Crippen LogP contribution in [0.25, 0.3) is 4.98 Å². The molecule has 0 amide bonds. The molecular formula is C6H3ClN2O. The van der Waals surface area contributed by atoms with Crippen molar-refractivity contribution in [1.29, 1.82) is 5.39 Å². The van der Waals surface area contributed by atoms with Crippen LogP contribution in [0.15, 0.2) is 18.2 Å². The molecule has 0 aliphatic heterocycles. The minimum absolute atomic E-state index is 0.0347. The summed E-state index contributed by atoms with van der Waals surface area (Å²) < 4.78 is 0. The molecule has 4 heteroatoms. The second-order valence-corrected chi connectivity index (χ2v) is 2.10. The van der Waals surface area contributed by atoms with Gasteiger partial charge in [0.05, 0.1) is 0 Å². The van der Waals surface area contributed by atoms with Gasteiger partial charge in [0.1, 0.15) is 0 Å². The van der Waals surface area contributed by atoms with Crippen molar-refractivity contribution in [3.8, 4) is 5.75 Å². The molecule has 0 saturated heterocycles. The first-order chi connectivity index (χ1) is 4.75. The van der Waals surface area contributed by atoms with Crippen molar-refractivity contribution in [3.63, 3.8) is 0 Å². The smallest absolute Gasteiger partial charge is 0.378 e. The van der Waals surface area contributed by atoms with E-state index in [1.54, 1.807) is 6.07 Å². The Balaban J connectivity index is 3.31. The molecule has 0 aromatic heterocycles. The number of hydrogen-bond acceptors (Lipinski definition) is 2. The van der Waals surface area contributed by atoms with E-state index >= 15 is 0 Å². The number of halogens is 1. The summed E-state index contributed by atoms with van der Waals surface area (Å²) >= 11 is 5.41. The third-order valence-corrected chi connectivity index (χ3v) is 1.35. The summed E-state index contributed by atoms with van der Waals surface area (Å²) in [5.74, 6) is -0.452. The van der Waals surface area contributed by atoms with Crippen LogP contribution in [0, 0.1) is 5.39 Å². The SMILES string of the molecule is N#[N+]c1cccc(Cl)c1[O-]. The Kier molecular flexibility index (Phi) is 1.74. The van der Waals surface area contributed by atoms with Gasteiger partial charge in [-0.3, -0.25) is 0 Å². The third-order valence-electron chi connectivity index (χ3n) is 1.05. The van der Waals surface area contributed by atoms with Crippen molar-refractivity contribution < 1.29 is 5.11 Å². The molecule has 0 N–H and O–H groups in total. The van der Waals surface area contributed by atoms with E-state index in [2.05, 4.69) is 4.98 Å². The Morgan fingerprint density at radius 1 is 1.50 bits per heavy atom. The van der Waals surface area contributed by atoms with E-state index in [0.29, 0.717) is 0 Å². The average molecular weight is 155 g/mol. The molecule has 0 heterocycles. The number of rotatable bonds is 0. The lowest BCUT2D eigenvalue weighted by atomic mass is 10.3. The zero-order valence-corrected chi connectivity index (χ0v) is 5.67. The molecule has 0 fully saturated rings. The highest BCUT2D eigenvalue weighted by Gasteiger charge is 2.05. The van der Waals surface area contributed by atoms with E-state index in [-0.39, 0.29) is 10.7 Å². The fourth-order valence-corrected chi connectivity index (χ4v) is 0.746. The van der Waals surface area contributed by atoms with Gasteiger partial charge in [0, 0.05) is 16.8 Å². The Labute approximate surface area is 62.5 Å². The first-order valence-corrected chi connectivity index (χ1v) is 2.94. The molecule has 0 spiro atoms. The molecule has 1 rings (SSSR count). The van der Waals surface area contributed by atoms with E-state index in [0.717, 1.165) is 0 Å². The summed E-state index contributed by atoms with van der Waals surface area (Å²) in [5.41, 5.74) is -0.0347. The Bertz CT molecular complexity index is 292. The lowest BCUT2D eigenvalue weighted by Crippen LogP contribution is -1.89. The van der Waals surface area contributed by atoms with Crippen molar-refractivity contribution in [3.05, 3.63) is 28.2 Å². The van der Waals surface area contributed by atoms with Crippen LogP contribution in [0.1, 0.15) is 0 Å². The summed E-state index contributed by atoms with van der Waals surface area (Å²) in [7, 11) is 0. The quantitative estimate of drug-likeness (QED) is 0.536. The van der Waals surface area contributed by atoms with Crippen molar-refractivity contribution in [1.82, 2.24) is 0 Å². The Hall–Kier alpha value is -1.27. The molecule has 50 valence electrons. The fraction of sp³-hybridized carbons (Fsp3) is 0. The zero-order chi connectivity index (χ0) is 7.56. The Morgan fingerprint density at radius 3 is 2.70 bits per heavy atom. The van der Waals surface area contributed by atoms with Gasteiger partial charge in [-0.1, -0.05) is 17.7 Å². The summed E-state index contributed by atoms with van der Waals surface area (Å²) in [6, 6.07) is 4.37. The maximum absolute atomic E-state index is 10.8. The van der Waals surface area contributed by atoms with E-state index in [1.165, 1.54) is 12.1 Å². The van der Waals surface area contributed by atoms with Crippen LogP contribution in [0.4, 0.5) is 5.69 Å². The van der Waals surface area contributed by atoms with Crippen molar-refractivity contribution in [2.24, 2.45) is 0 Å². The van der Waals surface area contributed by atoms with E-state index < -0.39 is 5.75 Å². The largest absolute Gasteiger partial charge is 0.866 e. The fourth-order valence-electron chi connectivity index (χ4n) is 0.576. The molecular weight excluding hydrogens is 152 g/mol. The summed E-state index contributed by atoms with van der Waals surface area (Å²) in [6.45, 7) is 0. The van der Waals surface area contributed by atoms with Crippen LogP contribution in [-0.2, 0) is 0 Å². The van der Waals surface area contributed by atoms with Crippen LogP contribution in [-0.4, -0.2) is 0 Å². The maximum atomic E-state index is 10.8. The first-order valence-electron chi connectivity index (χ1n) is 2.56. The van der Waals surface area contributed by atoms with Gasteiger partial charge in [0.25, 0.3) is 0 Å². The molecule has 0 atom stereocenters. The van der Waals surface area contributed by atoms with Crippen LogP contribution < -0.4 is 5.11 Å². The maximum Gasteiger partial charge on any atom is 0.378 e. The number of para-hydroxylation sites is 1. The molecule has 0 aliphatic carbocycles. The predicted octanol–water partition coefficient (Wildman–Crippen LogP) is 1.90. The van der Waals surface area contributed by atoms with Crippen molar-refractivity contribution in [2.75, 3.05) is 0 Å². The lowest BCUT2D eigenvalue weighted by molar-refractivity contribution is -0.266. The predicted molar refractivity (Wildman–Crippen MR) is 35.6 cm³/mol. The van der Waals surface area contributed by atoms with Gasteiger partial charge in [0.2, 0.25) is 5.39 Å². The van der Waals surface area contributed by atoms with Crippen molar-refractivity contribution >= 4 is 17.3 Å². The number of nitrogens with zero attached hydrogens (tertiary/aromatic N) is 2. The van der Waals surface area contributed by atoms with Crippen LogP contribution in [0.3, 0.4) is 0 Å². The highest BCUT2D eigenvalue weighted by atomic mass is 35.5. The first kappa shape index (κ1) is 6.84. The topological polar surface area (TPSA) is 51.2 Å².